The van der Waals surface area contributed by atoms with Crippen molar-refractivity contribution in [2.45, 2.75) is 18.6 Å². The Labute approximate surface area is 153 Å². The van der Waals surface area contributed by atoms with E-state index in [2.05, 4.69) is 15.3 Å². The molecule has 1 amide bonds. The van der Waals surface area contributed by atoms with Gasteiger partial charge in [0, 0.05) is 22.7 Å². The van der Waals surface area contributed by atoms with Crippen LogP contribution in [0.1, 0.15) is 5.69 Å². The predicted molar refractivity (Wildman–Crippen MR) is 101 cm³/mol. The fraction of sp³-hybridized carbons (Fsp3) is 0.176. The number of carbonyl (C=O) groups is 1. The van der Waals surface area contributed by atoms with Crippen LogP contribution in [0.2, 0.25) is 0 Å². The molecule has 0 radical (unpaired) electrons. The zero-order valence-corrected chi connectivity index (χ0v) is 15.4. The largest absolute Gasteiger partial charge is 0.300 e. The summed E-state index contributed by atoms with van der Waals surface area (Å²) in [6.07, 6.45) is 1.82. The Bertz CT molecular complexity index is 951. The maximum Gasteiger partial charge on any atom is 0.254 e. The van der Waals surface area contributed by atoms with E-state index in [1.807, 2.05) is 42.0 Å². The Hall–Kier alpha value is -2.45. The first-order valence-corrected chi connectivity index (χ1v) is 9.60. The van der Waals surface area contributed by atoms with Crippen molar-refractivity contribution in [3.63, 3.8) is 0 Å². The van der Waals surface area contributed by atoms with Gasteiger partial charge in [-0.05, 0) is 13.2 Å². The second kappa shape index (κ2) is 7.62. The molecule has 2 heterocycles. The second-order valence-electron chi connectivity index (χ2n) is 5.26. The van der Waals surface area contributed by atoms with E-state index in [1.54, 1.807) is 6.92 Å². The minimum absolute atomic E-state index is 0.0947. The molecule has 0 saturated heterocycles. The van der Waals surface area contributed by atoms with Crippen LogP contribution in [-0.4, -0.2) is 26.7 Å². The van der Waals surface area contributed by atoms with Gasteiger partial charge in [0.2, 0.25) is 5.91 Å². The first kappa shape index (κ1) is 17.4. The highest BCUT2D eigenvalue weighted by Crippen LogP contribution is 2.24. The summed E-state index contributed by atoms with van der Waals surface area (Å²) in [5.74, 6) is -0.308. The molecule has 6 nitrogen and oxygen atoms in total. The van der Waals surface area contributed by atoms with Crippen LogP contribution in [0.3, 0.4) is 0 Å². The molecule has 0 saturated carbocycles. The van der Waals surface area contributed by atoms with Crippen molar-refractivity contribution in [3.05, 3.63) is 57.8 Å². The summed E-state index contributed by atoms with van der Waals surface area (Å²) in [7, 11) is 0. The zero-order chi connectivity index (χ0) is 17.8. The lowest BCUT2D eigenvalue weighted by molar-refractivity contribution is -0.116. The van der Waals surface area contributed by atoms with Crippen molar-refractivity contribution in [3.8, 4) is 11.3 Å². The van der Waals surface area contributed by atoms with Crippen molar-refractivity contribution in [1.29, 1.82) is 0 Å². The molecule has 0 bridgehead atoms. The molecular weight excluding hydrogens is 356 g/mol. The number of aromatic nitrogens is 3. The molecule has 0 atom stereocenters. The number of amides is 1. The molecule has 0 unspecified atom stereocenters. The van der Waals surface area contributed by atoms with Gasteiger partial charge >= 0.3 is 0 Å². The van der Waals surface area contributed by atoms with Gasteiger partial charge < -0.3 is 5.32 Å². The summed E-state index contributed by atoms with van der Waals surface area (Å²) in [5, 5.41) is 5.65. The highest BCUT2D eigenvalue weighted by atomic mass is 32.2. The Morgan fingerprint density at radius 3 is 2.76 bits per heavy atom. The summed E-state index contributed by atoms with van der Waals surface area (Å²) in [6, 6.07) is 11.2. The number of hydrogen-bond acceptors (Lipinski definition) is 6. The first-order chi connectivity index (χ1) is 12.1. The SMILES string of the molecule is CSc1nc(C)cc(=O)n1CC(=O)Nc1nc(-c2ccccc2)cs1. The van der Waals surface area contributed by atoms with Gasteiger partial charge in [-0.2, -0.15) is 0 Å². The Balaban J connectivity index is 1.74. The zero-order valence-electron chi connectivity index (χ0n) is 13.7. The maximum absolute atomic E-state index is 12.3. The van der Waals surface area contributed by atoms with Gasteiger partial charge in [0.15, 0.2) is 10.3 Å². The van der Waals surface area contributed by atoms with Crippen molar-refractivity contribution in [2.75, 3.05) is 11.6 Å². The smallest absolute Gasteiger partial charge is 0.254 e. The van der Waals surface area contributed by atoms with E-state index in [-0.39, 0.29) is 18.0 Å². The number of hydrogen-bond donors (Lipinski definition) is 1. The van der Waals surface area contributed by atoms with E-state index in [9.17, 15) is 9.59 Å². The van der Waals surface area contributed by atoms with Crippen LogP contribution in [0.5, 0.6) is 0 Å². The number of thiazole rings is 1. The Morgan fingerprint density at radius 2 is 2.04 bits per heavy atom. The predicted octanol–water partition coefficient (Wildman–Crippen LogP) is 3.04. The Kier molecular flexibility index (Phi) is 5.30. The van der Waals surface area contributed by atoms with Gasteiger partial charge in [-0.1, -0.05) is 42.1 Å². The molecule has 0 fully saturated rings. The minimum atomic E-state index is -0.308. The normalized spacial score (nSPS) is 10.6. The lowest BCUT2D eigenvalue weighted by Gasteiger charge is -2.10. The quantitative estimate of drug-likeness (QED) is 0.550. The molecule has 0 aliphatic rings. The molecule has 0 aliphatic heterocycles. The van der Waals surface area contributed by atoms with E-state index < -0.39 is 0 Å². The van der Waals surface area contributed by atoms with Gasteiger partial charge in [0.1, 0.15) is 6.54 Å². The first-order valence-electron chi connectivity index (χ1n) is 7.50. The van der Waals surface area contributed by atoms with Crippen molar-refractivity contribution >= 4 is 34.1 Å². The number of rotatable bonds is 5. The highest BCUT2D eigenvalue weighted by Gasteiger charge is 2.13. The van der Waals surface area contributed by atoms with Gasteiger partial charge in [0.05, 0.1) is 5.69 Å². The number of nitrogens with one attached hydrogen (secondary N) is 1. The van der Waals surface area contributed by atoms with E-state index >= 15 is 0 Å². The maximum atomic E-state index is 12.3. The number of thioether (sulfide) groups is 1. The molecule has 3 aromatic rings. The number of carbonyl (C=O) groups excluding carboxylic acids is 1. The molecule has 0 aliphatic carbocycles. The average Bonchev–Trinajstić information content (AvgIpc) is 3.06. The molecule has 128 valence electrons. The van der Waals surface area contributed by atoms with E-state index in [1.165, 1.54) is 33.7 Å². The van der Waals surface area contributed by atoms with E-state index in [0.29, 0.717) is 16.0 Å². The van der Waals surface area contributed by atoms with Crippen molar-refractivity contribution < 1.29 is 4.79 Å². The molecule has 25 heavy (non-hydrogen) atoms. The summed E-state index contributed by atoms with van der Waals surface area (Å²) in [5.41, 5.74) is 2.19. The third-order valence-electron chi connectivity index (χ3n) is 3.41. The Morgan fingerprint density at radius 1 is 1.28 bits per heavy atom. The third-order valence-corrected chi connectivity index (χ3v) is 4.84. The van der Waals surface area contributed by atoms with Gasteiger partial charge in [-0.3, -0.25) is 14.2 Å². The average molecular weight is 372 g/mol. The van der Waals surface area contributed by atoms with Crippen LogP contribution in [0.15, 0.2) is 51.7 Å². The number of aryl methyl sites for hydroxylation is 1. The highest BCUT2D eigenvalue weighted by molar-refractivity contribution is 7.98. The molecule has 1 aromatic carbocycles. The topological polar surface area (TPSA) is 76.9 Å². The summed E-state index contributed by atoms with van der Waals surface area (Å²) in [4.78, 5) is 33.1. The van der Waals surface area contributed by atoms with E-state index in [4.69, 9.17) is 0 Å². The third kappa shape index (κ3) is 4.15. The molecule has 1 N–H and O–H groups in total. The fourth-order valence-corrected chi connectivity index (χ4v) is 3.62. The van der Waals surface area contributed by atoms with Crippen LogP contribution >= 0.6 is 23.1 Å². The van der Waals surface area contributed by atoms with Crippen molar-refractivity contribution in [2.24, 2.45) is 0 Å². The molecule has 8 heteroatoms. The molecular formula is C17H16N4O2S2. The molecule has 2 aromatic heterocycles. The number of nitrogens with zero attached hydrogens (tertiary/aromatic N) is 3. The van der Waals surface area contributed by atoms with Gasteiger partial charge in [-0.15, -0.1) is 11.3 Å². The van der Waals surface area contributed by atoms with Gasteiger partial charge in [-0.25, -0.2) is 9.97 Å². The lowest BCUT2D eigenvalue weighted by Crippen LogP contribution is -2.29. The monoisotopic (exact) mass is 372 g/mol. The van der Waals surface area contributed by atoms with Crippen LogP contribution < -0.4 is 10.9 Å². The minimum Gasteiger partial charge on any atom is -0.300 e. The van der Waals surface area contributed by atoms with Crippen LogP contribution in [0, 0.1) is 6.92 Å². The molecule has 3 rings (SSSR count). The van der Waals surface area contributed by atoms with Crippen LogP contribution in [0.25, 0.3) is 11.3 Å². The van der Waals surface area contributed by atoms with Crippen molar-refractivity contribution in [1.82, 2.24) is 14.5 Å². The standard InChI is InChI=1S/C17H16N4O2S2/c1-11-8-15(23)21(17(18-11)24-2)9-14(22)20-16-19-13(10-25-16)12-6-4-3-5-7-12/h3-8,10H,9H2,1-2H3,(H,19,20,22). The van der Waals surface area contributed by atoms with Gasteiger partial charge in [0.25, 0.3) is 5.56 Å². The summed E-state index contributed by atoms with van der Waals surface area (Å²) >= 11 is 2.68. The van der Waals surface area contributed by atoms with Crippen LogP contribution in [-0.2, 0) is 11.3 Å². The summed E-state index contributed by atoms with van der Waals surface area (Å²) in [6.45, 7) is 1.66. The second-order valence-corrected chi connectivity index (χ2v) is 6.89. The fourth-order valence-electron chi connectivity index (χ4n) is 2.27. The van der Waals surface area contributed by atoms with Crippen LogP contribution in [0.4, 0.5) is 5.13 Å². The van der Waals surface area contributed by atoms with E-state index in [0.717, 1.165) is 11.3 Å². The number of anilines is 1. The number of benzene rings is 1. The lowest BCUT2D eigenvalue weighted by atomic mass is 10.2. The summed E-state index contributed by atoms with van der Waals surface area (Å²) < 4.78 is 1.36. The molecule has 0 spiro atoms.